The van der Waals surface area contributed by atoms with Gasteiger partial charge in [-0.3, -0.25) is 0 Å². The molecular formula is C11H15ClSi. The number of hydrogen-bond acceptors (Lipinski definition) is 0. The minimum Gasteiger partial charge on any atom is -0.162 e. The monoisotopic (exact) mass is 210 g/mol. The molecule has 0 amide bonds. The van der Waals surface area contributed by atoms with Crippen LogP contribution >= 0.6 is 11.1 Å². The number of benzene rings is 1. The molecule has 0 aliphatic rings. The summed E-state index contributed by atoms with van der Waals surface area (Å²) in [5.41, 5.74) is 2.45. The van der Waals surface area contributed by atoms with E-state index in [1.807, 2.05) is 6.08 Å². The fraction of sp³-hybridized carbons (Fsp3) is 0.273. The maximum absolute atomic E-state index is 6.34. The van der Waals surface area contributed by atoms with Crippen LogP contribution in [0.25, 0.3) is 6.08 Å². The van der Waals surface area contributed by atoms with Crippen molar-refractivity contribution in [2.75, 3.05) is 0 Å². The van der Waals surface area contributed by atoms with Crippen LogP contribution in [0.1, 0.15) is 11.1 Å². The summed E-state index contributed by atoms with van der Waals surface area (Å²) in [6, 6.07) is 6.38. The van der Waals surface area contributed by atoms with Gasteiger partial charge in [0.2, 0.25) is 0 Å². The smallest absolute Gasteiger partial charge is 0.162 e. The van der Waals surface area contributed by atoms with Gasteiger partial charge < -0.3 is 0 Å². The van der Waals surface area contributed by atoms with Gasteiger partial charge in [0.1, 0.15) is 0 Å². The molecule has 1 aromatic rings. The Morgan fingerprint density at radius 3 is 2.38 bits per heavy atom. The van der Waals surface area contributed by atoms with Crippen molar-refractivity contribution in [3.8, 4) is 0 Å². The van der Waals surface area contributed by atoms with Crippen LogP contribution in [-0.4, -0.2) is 7.38 Å². The van der Waals surface area contributed by atoms with E-state index < -0.39 is 7.38 Å². The van der Waals surface area contributed by atoms with Crippen molar-refractivity contribution < 1.29 is 0 Å². The van der Waals surface area contributed by atoms with Crippen molar-refractivity contribution in [1.29, 1.82) is 0 Å². The largest absolute Gasteiger partial charge is 0.180 e. The first kappa shape index (κ1) is 10.5. The van der Waals surface area contributed by atoms with E-state index in [1.54, 1.807) is 0 Å². The lowest BCUT2D eigenvalue weighted by Crippen LogP contribution is -2.35. The second-order valence-electron chi connectivity index (χ2n) is 3.75. The molecule has 0 saturated heterocycles. The highest BCUT2D eigenvalue weighted by Gasteiger charge is 2.19. The zero-order valence-electron chi connectivity index (χ0n) is 8.39. The van der Waals surface area contributed by atoms with Gasteiger partial charge in [0.25, 0.3) is 0 Å². The second-order valence-corrected chi connectivity index (χ2v) is 10.1. The average Bonchev–Trinajstić information content (AvgIpc) is 2.02. The van der Waals surface area contributed by atoms with E-state index in [-0.39, 0.29) is 0 Å². The van der Waals surface area contributed by atoms with Crippen LogP contribution in [0.4, 0.5) is 0 Å². The van der Waals surface area contributed by atoms with Gasteiger partial charge >= 0.3 is 0 Å². The zero-order valence-corrected chi connectivity index (χ0v) is 10.2. The van der Waals surface area contributed by atoms with Crippen LogP contribution in [0.3, 0.4) is 0 Å². The molecule has 2 heteroatoms. The minimum atomic E-state index is -1.66. The molecule has 0 atom stereocenters. The predicted octanol–water partition coefficient (Wildman–Crippen LogP) is 3.29. The summed E-state index contributed by atoms with van der Waals surface area (Å²) in [4.78, 5) is 0. The molecule has 0 aliphatic heterocycles. The number of halogens is 1. The molecule has 0 saturated carbocycles. The fourth-order valence-corrected chi connectivity index (χ4v) is 2.67. The summed E-state index contributed by atoms with van der Waals surface area (Å²) in [5.74, 6) is 0. The highest BCUT2D eigenvalue weighted by atomic mass is 35.6. The van der Waals surface area contributed by atoms with Gasteiger partial charge in [-0.1, -0.05) is 43.9 Å². The highest BCUT2D eigenvalue weighted by molar-refractivity contribution is 7.26. The Kier molecular flexibility index (Phi) is 2.99. The molecule has 0 aliphatic carbocycles. The molecule has 0 bridgehead atoms. The van der Waals surface area contributed by atoms with Gasteiger partial charge in [-0.2, -0.15) is 11.1 Å². The Labute approximate surface area is 86.0 Å². The average molecular weight is 211 g/mol. The molecule has 0 aromatic heterocycles. The Morgan fingerprint density at radius 2 is 2.00 bits per heavy atom. The molecule has 0 N–H and O–H groups in total. The molecule has 0 spiro atoms. The normalized spacial score (nSPS) is 11.4. The van der Waals surface area contributed by atoms with E-state index >= 15 is 0 Å². The summed E-state index contributed by atoms with van der Waals surface area (Å²) < 4.78 is 0. The van der Waals surface area contributed by atoms with Crippen LogP contribution in [0, 0.1) is 6.92 Å². The maximum Gasteiger partial charge on any atom is 0.180 e. The zero-order chi connectivity index (χ0) is 10.1. The Balaban J connectivity index is 3.17. The summed E-state index contributed by atoms with van der Waals surface area (Å²) in [7, 11) is -1.66. The third kappa shape index (κ3) is 2.45. The van der Waals surface area contributed by atoms with Crippen LogP contribution in [0.2, 0.25) is 13.1 Å². The van der Waals surface area contributed by atoms with E-state index in [4.69, 9.17) is 11.1 Å². The lowest BCUT2D eigenvalue weighted by Gasteiger charge is -2.14. The van der Waals surface area contributed by atoms with Crippen molar-refractivity contribution in [2.45, 2.75) is 20.0 Å². The highest BCUT2D eigenvalue weighted by Crippen LogP contribution is 2.13. The van der Waals surface area contributed by atoms with E-state index in [2.05, 4.69) is 44.8 Å². The summed E-state index contributed by atoms with van der Waals surface area (Å²) >= 11 is 6.34. The van der Waals surface area contributed by atoms with Gasteiger partial charge in [0.15, 0.2) is 7.38 Å². The molecular weight excluding hydrogens is 196 g/mol. The van der Waals surface area contributed by atoms with Gasteiger partial charge in [-0.05, 0) is 23.2 Å². The quantitative estimate of drug-likeness (QED) is 0.519. The predicted molar refractivity (Wildman–Crippen MR) is 64.2 cm³/mol. The van der Waals surface area contributed by atoms with E-state index in [9.17, 15) is 0 Å². The first-order chi connectivity index (χ1) is 5.95. The minimum absolute atomic E-state index is 1.19. The van der Waals surface area contributed by atoms with E-state index in [0.29, 0.717) is 0 Å². The molecule has 0 radical (unpaired) electrons. The van der Waals surface area contributed by atoms with Crippen molar-refractivity contribution in [3.05, 3.63) is 35.9 Å². The Bertz CT molecular complexity index is 323. The van der Waals surface area contributed by atoms with Crippen LogP contribution < -0.4 is 5.19 Å². The summed E-state index contributed by atoms with van der Waals surface area (Å²) in [6.07, 6.45) is 1.88. The molecule has 13 heavy (non-hydrogen) atoms. The van der Waals surface area contributed by atoms with Crippen molar-refractivity contribution in [3.63, 3.8) is 0 Å². The first-order valence-corrected chi connectivity index (χ1v) is 8.39. The first-order valence-electron chi connectivity index (χ1n) is 4.37. The molecule has 0 unspecified atom stereocenters. The molecule has 1 rings (SSSR count). The lowest BCUT2D eigenvalue weighted by atomic mass is 10.1. The van der Waals surface area contributed by atoms with E-state index in [0.717, 1.165) is 0 Å². The number of aryl methyl sites for hydroxylation is 1. The van der Waals surface area contributed by atoms with Crippen molar-refractivity contribution in [2.24, 2.45) is 0 Å². The van der Waals surface area contributed by atoms with Crippen molar-refractivity contribution in [1.82, 2.24) is 0 Å². The molecule has 70 valence electrons. The van der Waals surface area contributed by atoms with Gasteiger partial charge in [-0.25, -0.2) is 0 Å². The number of rotatable bonds is 2. The topological polar surface area (TPSA) is 0 Å². The Hall–Kier alpha value is -0.533. The molecule has 0 nitrogen and oxygen atoms in total. The molecule has 0 heterocycles. The molecule has 1 aromatic carbocycles. The van der Waals surface area contributed by atoms with Crippen molar-refractivity contribution >= 4 is 29.7 Å². The van der Waals surface area contributed by atoms with Gasteiger partial charge in [0.05, 0.1) is 0 Å². The van der Waals surface area contributed by atoms with E-state index in [1.165, 1.54) is 16.3 Å². The fourth-order valence-electron chi connectivity index (χ4n) is 1.27. The second kappa shape index (κ2) is 3.68. The van der Waals surface area contributed by atoms with Gasteiger partial charge in [-0.15, -0.1) is 0 Å². The summed E-state index contributed by atoms with van der Waals surface area (Å²) in [5, 5.41) is 1.29. The Morgan fingerprint density at radius 1 is 1.38 bits per heavy atom. The SMILES string of the molecule is C=Cc1ccc([Si](C)(C)Cl)cc1C. The number of hydrogen-bond donors (Lipinski definition) is 0. The lowest BCUT2D eigenvalue weighted by molar-refractivity contribution is 1.46. The maximum atomic E-state index is 6.34. The van der Waals surface area contributed by atoms with Crippen LogP contribution in [-0.2, 0) is 0 Å². The molecule has 0 fully saturated rings. The summed E-state index contributed by atoms with van der Waals surface area (Å²) in [6.45, 7) is 10.1. The standard InChI is InChI=1S/C11H15ClSi/c1-5-10-6-7-11(8-9(10)2)13(3,4)12/h5-8H,1H2,2-4H3. The van der Waals surface area contributed by atoms with Gasteiger partial charge in [0, 0.05) is 0 Å². The van der Waals surface area contributed by atoms with Crippen LogP contribution in [0.15, 0.2) is 24.8 Å². The third-order valence-corrected chi connectivity index (χ3v) is 4.51. The van der Waals surface area contributed by atoms with Crippen LogP contribution in [0.5, 0.6) is 0 Å². The third-order valence-electron chi connectivity index (χ3n) is 2.18.